The largest absolute Gasteiger partial charge is 0.490 e. The van der Waals surface area contributed by atoms with Crippen LogP contribution in [0.25, 0.3) is 11.3 Å². The molecule has 2 aromatic carbocycles. The Labute approximate surface area is 191 Å². The minimum atomic E-state index is -0.348. The van der Waals surface area contributed by atoms with Gasteiger partial charge in [-0.15, -0.1) is 0 Å². The lowest BCUT2D eigenvalue weighted by Crippen LogP contribution is -2.13. The summed E-state index contributed by atoms with van der Waals surface area (Å²) in [5.74, 6) is 1.98. The van der Waals surface area contributed by atoms with E-state index in [0.717, 1.165) is 0 Å². The number of aliphatic hydroxyl groups excluding tert-OH is 1. The Kier molecular flexibility index (Phi) is 8.03. The molecule has 170 valence electrons. The Hall–Kier alpha value is -3.16. The van der Waals surface area contributed by atoms with Crippen LogP contribution in [0.1, 0.15) is 36.9 Å². The first kappa shape index (κ1) is 23.5. The lowest BCUT2D eigenvalue weighted by Gasteiger charge is -2.17. The first-order valence-corrected chi connectivity index (χ1v) is 10.8. The van der Waals surface area contributed by atoms with E-state index in [0.29, 0.717) is 70.4 Å². The second-order valence-corrected chi connectivity index (χ2v) is 7.08. The Bertz CT molecular complexity index is 1050. The average molecular weight is 460 g/mol. The highest BCUT2D eigenvalue weighted by atomic mass is 35.5. The van der Waals surface area contributed by atoms with Gasteiger partial charge in [-0.1, -0.05) is 11.6 Å². The van der Waals surface area contributed by atoms with E-state index in [1.807, 2.05) is 20.8 Å². The molecule has 7 nitrogen and oxygen atoms in total. The molecular formula is C24H26ClNO6. The van der Waals surface area contributed by atoms with E-state index in [9.17, 15) is 9.90 Å². The van der Waals surface area contributed by atoms with Gasteiger partial charge in [0.25, 0.3) is 5.91 Å². The summed E-state index contributed by atoms with van der Waals surface area (Å²) in [6, 6.07) is 11.8. The van der Waals surface area contributed by atoms with Crippen LogP contribution in [0, 0.1) is 0 Å². The summed E-state index contributed by atoms with van der Waals surface area (Å²) in [6.07, 6.45) is 0. The second kappa shape index (κ2) is 10.9. The molecule has 0 saturated carbocycles. The van der Waals surface area contributed by atoms with Gasteiger partial charge < -0.3 is 29.1 Å². The lowest BCUT2D eigenvalue weighted by molar-refractivity contribution is 0.102. The first-order valence-electron chi connectivity index (χ1n) is 10.4. The minimum Gasteiger partial charge on any atom is -0.490 e. The van der Waals surface area contributed by atoms with E-state index in [2.05, 4.69) is 5.32 Å². The van der Waals surface area contributed by atoms with Crippen molar-refractivity contribution in [1.82, 2.24) is 0 Å². The number of amides is 1. The molecule has 0 aliphatic carbocycles. The number of rotatable bonds is 10. The van der Waals surface area contributed by atoms with E-state index < -0.39 is 0 Å². The number of carbonyl (C=O) groups excluding carboxylic acids is 1. The molecule has 2 N–H and O–H groups in total. The first-order chi connectivity index (χ1) is 15.5. The fourth-order valence-corrected chi connectivity index (χ4v) is 3.40. The maximum Gasteiger partial charge on any atom is 0.255 e. The van der Waals surface area contributed by atoms with Crippen molar-refractivity contribution in [1.29, 1.82) is 0 Å². The number of aliphatic hydroxyl groups is 1. The van der Waals surface area contributed by atoms with Crippen LogP contribution in [0.2, 0.25) is 5.02 Å². The monoisotopic (exact) mass is 459 g/mol. The number of nitrogens with one attached hydrogen (secondary N) is 1. The molecule has 0 spiro atoms. The van der Waals surface area contributed by atoms with Crippen molar-refractivity contribution in [2.24, 2.45) is 0 Å². The molecule has 8 heteroatoms. The summed E-state index contributed by atoms with van der Waals surface area (Å²) < 4.78 is 22.6. The third kappa shape index (κ3) is 5.36. The van der Waals surface area contributed by atoms with Crippen molar-refractivity contribution in [2.45, 2.75) is 27.4 Å². The van der Waals surface area contributed by atoms with Crippen molar-refractivity contribution in [3.8, 4) is 28.6 Å². The van der Waals surface area contributed by atoms with E-state index >= 15 is 0 Å². The summed E-state index contributed by atoms with van der Waals surface area (Å²) in [6.45, 7) is 6.65. The molecule has 0 atom stereocenters. The maximum absolute atomic E-state index is 13.0. The van der Waals surface area contributed by atoms with Gasteiger partial charge in [-0.05, 0) is 63.2 Å². The third-order valence-electron chi connectivity index (χ3n) is 4.48. The van der Waals surface area contributed by atoms with Crippen molar-refractivity contribution in [3.05, 3.63) is 58.8 Å². The number of halogens is 1. The molecule has 3 rings (SSSR count). The van der Waals surface area contributed by atoms with Crippen LogP contribution in [0.15, 0.2) is 46.9 Å². The molecule has 1 aromatic heterocycles. The maximum atomic E-state index is 13.0. The molecule has 1 heterocycles. The van der Waals surface area contributed by atoms with Gasteiger partial charge in [-0.3, -0.25) is 4.79 Å². The van der Waals surface area contributed by atoms with E-state index in [-0.39, 0.29) is 12.5 Å². The zero-order valence-corrected chi connectivity index (χ0v) is 19.0. The standard InChI is InChI=1S/C24H26ClNO6/c1-4-29-21-11-15(12-22(30-5-2)23(21)31-6-3)24(28)26-16-7-9-18(19(25)13-16)20-10-8-17(14-27)32-20/h7-13,27H,4-6,14H2,1-3H3,(H,26,28). The highest BCUT2D eigenvalue weighted by molar-refractivity contribution is 6.33. The number of hydrogen-bond donors (Lipinski definition) is 2. The highest BCUT2D eigenvalue weighted by Crippen LogP contribution is 2.39. The Balaban J connectivity index is 1.86. The minimum absolute atomic E-state index is 0.193. The molecule has 32 heavy (non-hydrogen) atoms. The van der Waals surface area contributed by atoms with Crippen LogP contribution in [0.5, 0.6) is 17.2 Å². The molecule has 0 bridgehead atoms. The van der Waals surface area contributed by atoms with Gasteiger partial charge in [0.05, 0.1) is 24.8 Å². The van der Waals surface area contributed by atoms with Gasteiger partial charge in [0, 0.05) is 16.8 Å². The van der Waals surface area contributed by atoms with Gasteiger partial charge in [-0.2, -0.15) is 0 Å². The van der Waals surface area contributed by atoms with Gasteiger partial charge in [0.1, 0.15) is 18.1 Å². The van der Waals surface area contributed by atoms with Crippen molar-refractivity contribution in [2.75, 3.05) is 25.1 Å². The number of anilines is 1. The molecule has 0 radical (unpaired) electrons. The third-order valence-corrected chi connectivity index (χ3v) is 4.79. The summed E-state index contributed by atoms with van der Waals surface area (Å²) in [5, 5.41) is 12.4. The van der Waals surface area contributed by atoms with Crippen LogP contribution in [0.4, 0.5) is 5.69 Å². The predicted molar refractivity (Wildman–Crippen MR) is 123 cm³/mol. The quantitative estimate of drug-likeness (QED) is 0.413. The zero-order valence-electron chi connectivity index (χ0n) is 18.2. The molecule has 0 aliphatic rings. The predicted octanol–water partition coefficient (Wildman–Crippen LogP) is 5.54. The van der Waals surface area contributed by atoms with E-state index in [1.54, 1.807) is 42.5 Å². The van der Waals surface area contributed by atoms with Gasteiger partial charge in [0.2, 0.25) is 5.75 Å². The van der Waals surface area contributed by atoms with Crippen LogP contribution in [-0.4, -0.2) is 30.8 Å². The van der Waals surface area contributed by atoms with Crippen LogP contribution in [0.3, 0.4) is 0 Å². The summed E-state index contributed by atoms with van der Waals surface area (Å²) in [7, 11) is 0. The lowest BCUT2D eigenvalue weighted by atomic mass is 10.1. The fourth-order valence-electron chi connectivity index (χ4n) is 3.12. The number of benzene rings is 2. The van der Waals surface area contributed by atoms with Crippen molar-refractivity contribution < 1.29 is 28.5 Å². The summed E-state index contributed by atoms with van der Waals surface area (Å²) >= 11 is 6.40. The normalized spacial score (nSPS) is 10.7. The second-order valence-electron chi connectivity index (χ2n) is 6.67. The van der Waals surface area contributed by atoms with Gasteiger partial charge in [-0.25, -0.2) is 0 Å². The molecular weight excluding hydrogens is 434 g/mol. The van der Waals surface area contributed by atoms with E-state index in [4.69, 9.17) is 30.2 Å². The molecule has 1 amide bonds. The van der Waals surface area contributed by atoms with E-state index in [1.165, 1.54) is 0 Å². The number of carbonyl (C=O) groups is 1. The average Bonchev–Trinajstić information content (AvgIpc) is 3.25. The Morgan fingerprint density at radius 3 is 2.16 bits per heavy atom. The van der Waals surface area contributed by atoms with Crippen LogP contribution >= 0.6 is 11.6 Å². The topological polar surface area (TPSA) is 90.2 Å². The molecule has 3 aromatic rings. The number of hydrogen-bond acceptors (Lipinski definition) is 6. The number of furan rings is 1. The van der Waals surface area contributed by atoms with Gasteiger partial charge in [0.15, 0.2) is 11.5 Å². The molecule has 0 fully saturated rings. The van der Waals surface area contributed by atoms with Crippen molar-refractivity contribution in [3.63, 3.8) is 0 Å². The Morgan fingerprint density at radius 1 is 0.969 bits per heavy atom. The highest BCUT2D eigenvalue weighted by Gasteiger charge is 2.19. The molecule has 0 aliphatic heterocycles. The fraction of sp³-hybridized carbons (Fsp3) is 0.292. The number of ether oxygens (including phenoxy) is 3. The molecule has 0 saturated heterocycles. The van der Waals surface area contributed by atoms with Crippen LogP contribution in [-0.2, 0) is 6.61 Å². The SMILES string of the molecule is CCOc1cc(C(=O)Nc2ccc(-c3ccc(CO)o3)c(Cl)c2)cc(OCC)c1OCC. The van der Waals surface area contributed by atoms with Crippen LogP contribution < -0.4 is 19.5 Å². The smallest absolute Gasteiger partial charge is 0.255 e. The summed E-state index contributed by atoms with van der Waals surface area (Å²) in [5.41, 5.74) is 1.53. The zero-order chi connectivity index (χ0) is 23.1. The molecule has 0 unspecified atom stereocenters. The summed E-state index contributed by atoms with van der Waals surface area (Å²) in [4.78, 5) is 13.0. The Morgan fingerprint density at radius 2 is 1.62 bits per heavy atom. The van der Waals surface area contributed by atoms with Gasteiger partial charge >= 0.3 is 0 Å². The van der Waals surface area contributed by atoms with Crippen molar-refractivity contribution >= 4 is 23.2 Å².